The van der Waals surface area contributed by atoms with Gasteiger partial charge in [0.05, 0.1) is 0 Å². The lowest BCUT2D eigenvalue weighted by Crippen LogP contribution is -1.99. The summed E-state index contributed by atoms with van der Waals surface area (Å²) < 4.78 is 13.7. The first-order valence-electron chi connectivity index (χ1n) is 6.92. The Bertz CT molecular complexity index is 323. The van der Waals surface area contributed by atoms with Crippen LogP contribution in [0.1, 0.15) is 63.6 Å². The van der Waals surface area contributed by atoms with Gasteiger partial charge in [0.15, 0.2) is 0 Å². The van der Waals surface area contributed by atoms with Crippen LogP contribution in [0.3, 0.4) is 0 Å². The van der Waals surface area contributed by atoms with Gasteiger partial charge >= 0.3 is 0 Å². The summed E-state index contributed by atoms with van der Waals surface area (Å²) in [6, 6.07) is 3.90. The molecular weight excluding hydrogens is 213 g/mol. The van der Waals surface area contributed by atoms with Crippen LogP contribution in [-0.2, 0) is 12.8 Å². The summed E-state index contributed by atoms with van der Waals surface area (Å²) in [5.41, 5.74) is 1.67. The van der Waals surface area contributed by atoms with Gasteiger partial charge in [-0.15, -0.1) is 0 Å². The second kappa shape index (κ2) is 8.21. The van der Waals surface area contributed by atoms with Gasteiger partial charge in [-0.1, -0.05) is 45.6 Å². The van der Waals surface area contributed by atoms with E-state index in [9.17, 15) is 4.39 Å². The molecule has 0 amide bonds. The zero-order chi connectivity index (χ0) is 12.5. The highest BCUT2D eigenvalue weighted by Gasteiger charge is 2.05. The molecule has 1 nitrogen and oxygen atoms in total. The van der Waals surface area contributed by atoms with Crippen molar-refractivity contribution in [3.05, 3.63) is 29.3 Å². The Labute approximate surface area is 104 Å². The van der Waals surface area contributed by atoms with Crippen molar-refractivity contribution in [1.82, 2.24) is 4.98 Å². The molecule has 1 aromatic rings. The number of rotatable bonds is 8. The van der Waals surface area contributed by atoms with E-state index in [-0.39, 0.29) is 5.95 Å². The lowest BCUT2D eigenvalue weighted by atomic mass is 10.1. The van der Waals surface area contributed by atoms with Crippen LogP contribution in [-0.4, -0.2) is 4.98 Å². The molecule has 0 fully saturated rings. The molecule has 0 aliphatic rings. The molecule has 1 heterocycles. The first kappa shape index (κ1) is 14.1. The fourth-order valence-electron chi connectivity index (χ4n) is 1.95. The third-order valence-corrected chi connectivity index (χ3v) is 3.07. The zero-order valence-corrected chi connectivity index (χ0v) is 11.1. The quantitative estimate of drug-likeness (QED) is 0.472. The molecule has 0 bridgehead atoms. The molecule has 0 aliphatic carbocycles. The van der Waals surface area contributed by atoms with Crippen LogP contribution >= 0.6 is 0 Å². The van der Waals surface area contributed by atoms with E-state index in [0.717, 1.165) is 43.4 Å². The first-order valence-corrected chi connectivity index (χ1v) is 6.92. The standard InChI is InChI=1S/C15H24FN/c1-3-5-7-9-13-11-12-14(17-15(13)16)10-8-6-4-2/h11-12H,3-10H2,1-2H3. The molecule has 0 N–H and O–H groups in total. The smallest absolute Gasteiger partial charge is 0.216 e. The summed E-state index contributed by atoms with van der Waals surface area (Å²) in [6.45, 7) is 4.33. The Morgan fingerprint density at radius 1 is 0.941 bits per heavy atom. The molecule has 1 aromatic heterocycles. The maximum atomic E-state index is 13.7. The van der Waals surface area contributed by atoms with E-state index in [4.69, 9.17) is 0 Å². The molecule has 0 radical (unpaired) electrons. The summed E-state index contributed by atoms with van der Waals surface area (Å²) in [5, 5.41) is 0. The van der Waals surface area contributed by atoms with Crippen molar-refractivity contribution in [2.24, 2.45) is 0 Å². The lowest BCUT2D eigenvalue weighted by Gasteiger charge is -2.05. The Morgan fingerprint density at radius 2 is 1.59 bits per heavy atom. The number of halogens is 1. The molecule has 0 aliphatic heterocycles. The van der Waals surface area contributed by atoms with Gasteiger partial charge in [-0.3, -0.25) is 0 Å². The van der Waals surface area contributed by atoms with Gasteiger partial charge in [-0.2, -0.15) is 4.39 Å². The summed E-state index contributed by atoms with van der Waals surface area (Å²) in [4.78, 5) is 4.06. The van der Waals surface area contributed by atoms with Gasteiger partial charge in [-0.05, 0) is 31.7 Å². The number of hydrogen-bond acceptors (Lipinski definition) is 1. The average molecular weight is 237 g/mol. The summed E-state index contributed by atoms with van der Waals surface area (Å²) in [6.07, 6.45) is 8.62. The van der Waals surface area contributed by atoms with Gasteiger partial charge in [-0.25, -0.2) is 4.98 Å². The average Bonchev–Trinajstić information content (AvgIpc) is 2.32. The maximum Gasteiger partial charge on any atom is 0.216 e. The van der Waals surface area contributed by atoms with Crippen molar-refractivity contribution >= 4 is 0 Å². The van der Waals surface area contributed by atoms with Crippen molar-refractivity contribution in [3.63, 3.8) is 0 Å². The Morgan fingerprint density at radius 3 is 2.18 bits per heavy atom. The highest BCUT2D eigenvalue weighted by Crippen LogP contribution is 2.12. The van der Waals surface area contributed by atoms with Crippen molar-refractivity contribution in [2.75, 3.05) is 0 Å². The molecule has 17 heavy (non-hydrogen) atoms. The van der Waals surface area contributed by atoms with Gasteiger partial charge in [0.2, 0.25) is 5.95 Å². The van der Waals surface area contributed by atoms with Gasteiger partial charge in [0.25, 0.3) is 0 Å². The van der Waals surface area contributed by atoms with E-state index >= 15 is 0 Å². The Hall–Kier alpha value is -0.920. The van der Waals surface area contributed by atoms with Gasteiger partial charge in [0.1, 0.15) is 0 Å². The third kappa shape index (κ3) is 5.29. The monoisotopic (exact) mass is 237 g/mol. The molecule has 2 heteroatoms. The number of unbranched alkanes of at least 4 members (excludes halogenated alkanes) is 4. The normalized spacial score (nSPS) is 10.8. The second-order valence-corrected chi connectivity index (χ2v) is 4.67. The number of aromatic nitrogens is 1. The highest BCUT2D eigenvalue weighted by molar-refractivity contribution is 5.16. The Kier molecular flexibility index (Phi) is 6.83. The van der Waals surface area contributed by atoms with Crippen molar-refractivity contribution in [2.45, 2.75) is 65.2 Å². The topological polar surface area (TPSA) is 12.9 Å². The van der Waals surface area contributed by atoms with E-state index in [1.807, 2.05) is 12.1 Å². The van der Waals surface area contributed by atoms with Crippen LogP contribution in [0.5, 0.6) is 0 Å². The van der Waals surface area contributed by atoms with Crippen LogP contribution in [0, 0.1) is 5.95 Å². The summed E-state index contributed by atoms with van der Waals surface area (Å²) in [7, 11) is 0. The van der Waals surface area contributed by atoms with Crippen LogP contribution in [0.25, 0.3) is 0 Å². The van der Waals surface area contributed by atoms with Crippen LogP contribution in [0.4, 0.5) is 4.39 Å². The summed E-state index contributed by atoms with van der Waals surface area (Å²) in [5.74, 6) is -0.255. The fourth-order valence-corrected chi connectivity index (χ4v) is 1.95. The lowest BCUT2D eigenvalue weighted by molar-refractivity contribution is 0.550. The molecule has 0 spiro atoms. The third-order valence-electron chi connectivity index (χ3n) is 3.07. The predicted octanol–water partition coefficient (Wildman–Crippen LogP) is 4.69. The van der Waals surface area contributed by atoms with Crippen molar-refractivity contribution in [1.29, 1.82) is 0 Å². The van der Waals surface area contributed by atoms with Crippen molar-refractivity contribution in [3.8, 4) is 0 Å². The minimum absolute atomic E-state index is 0.255. The highest BCUT2D eigenvalue weighted by atomic mass is 19.1. The molecule has 0 saturated heterocycles. The van der Waals surface area contributed by atoms with E-state index in [1.165, 1.54) is 19.3 Å². The molecule has 1 rings (SSSR count). The zero-order valence-electron chi connectivity index (χ0n) is 11.1. The largest absolute Gasteiger partial charge is 0.225 e. The Balaban J connectivity index is 2.47. The van der Waals surface area contributed by atoms with E-state index < -0.39 is 0 Å². The first-order chi connectivity index (χ1) is 8.27. The number of aryl methyl sites for hydroxylation is 2. The predicted molar refractivity (Wildman–Crippen MR) is 70.7 cm³/mol. The molecular formula is C15H24FN. The number of nitrogens with zero attached hydrogens (tertiary/aromatic N) is 1. The minimum Gasteiger partial charge on any atom is -0.225 e. The molecule has 0 atom stereocenters. The summed E-state index contributed by atoms with van der Waals surface area (Å²) >= 11 is 0. The molecule has 96 valence electrons. The van der Waals surface area contributed by atoms with Crippen molar-refractivity contribution < 1.29 is 4.39 Å². The van der Waals surface area contributed by atoms with E-state index in [0.29, 0.717) is 0 Å². The maximum absolute atomic E-state index is 13.7. The molecule has 0 unspecified atom stereocenters. The van der Waals surface area contributed by atoms with E-state index in [2.05, 4.69) is 18.8 Å². The van der Waals surface area contributed by atoms with Gasteiger partial charge < -0.3 is 0 Å². The molecule has 0 aromatic carbocycles. The number of pyridine rings is 1. The molecule has 0 saturated carbocycles. The van der Waals surface area contributed by atoms with Gasteiger partial charge in [0, 0.05) is 11.3 Å². The number of hydrogen-bond donors (Lipinski definition) is 0. The second-order valence-electron chi connectivity index (χ2n) is 4.67. The van der Waals surface area contributed by atoms with Crippen LogP contribution in [0.15, 0.2) is 12.1 Å². The minimum atomic E-state index is -0.255. The van der Waals surface area contributed by atoms with E-state index in [1.54, 1.807) is 0 Å². The van der Waals surface area contributed by atoms with Crippen LogP contribution in [0.2, 0.25) is 0 Å². The van der Waals surface area contributed by atoms with Crippen LogP contribution < -0.4 is 0 Å². The SMILES string of the molecule is CCCCCc1ccc(CCCCC)c(F)n1. The fraction of sp³-hybridized carbons (Fsp3) is 0.667.